The molecule has 0 aromatic carbocycles. The van der Waals surface area contributed by atoms with Gasteiger partial charge in [-0.05, 0) is 46.3 Å². The molecule has 0 spiro atoms. The molecular formula is C18H40IN5O. The molecule has 150 valence electrons. The van der Waals surface area contributed by atoms with Crippen molar-refractivity contribution in [2.45, 2.75) is 46.6 Å². The third-order valence-corrected chi connectivity index (χ3v) is 4.61. The van der Waals surface area contributed by atoms with Gasteiger partial charge in [0.1, 0.15) is 0 Å². The number of nitrogens with zero attached hydrogens (tertiary/aromatic N) is 3. The first-order valence-corrected chi connectivity index (χ1v) is 9.77. The van der Waals surface area contributed by atoms with Crippen LogP contribution in [0.5, 0.6) is 0 Å². The number of ether oxygens (including phenoxy) is 1. The number of rotatable bonds is 11. The van der Waals surface area contributed by atoms with E-state index in [2.05, 4.69) is 48.1 Å². The lowest BCUT2D eigenvalue weighted by molar-refractivity contribution is 0.0220. The van der Waals surface area contributed by atoms with Gasteiger partial charge in [-0.2, -0.15) is 0 Å². The summed E-state index contributed by atoms with van der Waals surface area (Å²) in [5.74, 6) is 0.945. The molecule has 0 aliphatic carbocycles. The number of halogens is 1. The molecule has 1 rings (SSSR count). The van der Waals surface area contributed by atoms with Crippen molar-refractivity contribution >= 4 is 29.9 Å². The maximum atomic E-state index is 5.42. The van der Waals surface area contributed by atoms with E-state index in [1.54, 1.807) is 0 Å². The highest BCUT2D eigenvalue weighted by atomic mass is 127. The normalized spacial score (nSPS) is 17.2. The fourth-order valence-electron chi connectivity index (χ4n) is 2.91. The Hall–Kier alpha value is -0.120. The highest BCUT2D eigenvalue weighted by Crippen LogP contribution is 2.03. The van der Waals surface area contributed by atoms with Crippen molar-refractivity contribution in [1.29, 1.82) is 0 Å². The molecule has 0 aromatic heterocycles. The Kier molecular flexibility index (Phi) is 16.0. The summed E-state index contributed by atoms with van der Waals surface area (Å²) >= 11 is 0. The van der Waals surface area contributed by atoms with E-state index >= 15 is 0 Å². The van der Waals surface area contributed by atoms with Crippen molar-refractivity contribution < 1.29 is 4.74 Å². The predicted molar refractivity (Wildman–Crippen MR) is 118 cm³/mol. The van der Waals surface area contributed by atoms with Crippen LogP contribution in [0.2, 0.25) is 0 Å². The summed E-state index contributed by atoms with van der Waals surface area (Å²) in [6, 6.07) is 0.465. The molecule has 25 heavy (non-hydrogen) atoms. The van der Waals surface area contributed by atoms with E-state index < -0.39 is 0 Å². The van der Waals surface area contributed by atoms with E-state index in [0.717, 1.165) is 65.0 Å². The van der Waals surface area contributed by atoms with Crippen LogP contribution in [0.1, 0.15) is 40.5 Å². The topological polar surface area (TPSA) is 52.1 Å². The summed E-state index contributed by atoms with van der Waals surface area (Å²) in [6.45, 7) is 18.8. The SMILES string of the molecule is CCNC(=NCC(C)N1CCOCC1)NCCCCN(CC)CC.I. The van der Waals surface area contributed by atoms with Crippen LogP contribution >= 0.6 is 24.0 Å². The van der Waals surface area contributed by atoms with Crippen LogP contribution in [0.25, 0.3) is 0 Å². The Morgan fingerprint density at radius 1 is 1.12 bits per heavy atom. The van der Waals surface area contributed by atoms with Gasteiger partial charge in [0.2, 0.25) is 0 Å². The maximum Gasteiger partial charge on any atom is 0.191 e. The van der Waals surface area contributed by atoms with Gasteiger partial charge in [-0.3, -0.25) is 9.89 Å². The number of nitrogens with one attached hydrogen (secondary N) is 2. The van der Waals surface area contributed by atoms with Gasteiger partial charge >= 0.3 is 0 Å². The number of unbranched alkanes of at least 4 members (excludes halogenated alkanes) is 1. The van der Waals surface area contributed by atoms with Crippen molar-refractivity contribution in [3.63, 3.8) is 0 Å². The van der Waals surface area contributed by atoms with E-state index in [1.165, 1.54) is 19.4 Å². The Bertz CT molecular complexity index is 333. The number of morpholine rings is 1. The van der Waals surface area contributed by atoms with Crippen molar-refractivity contribution in [2.24, 2.45) is 4.99 Å². The second-order valence-corrected chi connectivity index (χ2v) is 6.38. The monoisotopic (exact) mass is 469 g/mol. The van der Waals surface area contributed by atoms with E-state index in [-0.39, 0.29) is 24.0 Å². The minimum atomic E-state index is 0. The molecule has 0 bridgehead atoms. The molecule has 1 fully saturated rings. The zero-order valence-corrected chi connectivity index (χ0v) is 19.1. The Morgan fingerprint density at radius 2 is 1.80 bits per heavy atom. The zero-order valence-electron chi connectivity index (χ0n) is 16.7. The second-order valence-electron chi connectivity index (χ2n) is 6.38. The van der Waals surface area contributed by atoms with Crippen molar-refractivity contribution in [3.05, 3.63) is 0 Å². The van der Waals surface area contributed by atoms with Gasteiger partial charge < -0.3 is 20.3 Å². The largest absolute Gasteiger partial charge is 0.379 e. The van der Waals surface area contributed by atoms with Crippen LogP contribution in [-0.4, -0.2) is 87.4 Å². The Balaban J connectivity index is 0.00000576. The highest BCUT2D eigenvalue weighted by molar-refractivity contribution is 14.0. The van der Waals surface area contributed by atoms with Gasteiger partial charge in [0, 0.05) is 32.2 Å². The molecule has 2 N–H and O–H groups in total. The molecule has 1 saturated heterocycles. The van der Waals surface area contributed by atoms with Crippen LogP contribution in [0.15, 0.2) is 4.99 Å². The minimum Gasteiger partial charge on any atom is -0.379 e. The van der Waals surface area contributed by atoms with Crippen molar-refractivity contribution in [3.8, 4) is 0 Å². The van der Waals surface area contributed by atoms with Crippen LogP contribution in [0.4, 0.5) is 0 Å². The van der Waals surface area contributed by atoms with Gasteiger partial charge in [0.25, 0.3) is 0 Å². The third kappa shape index (κ3) is 11.2. The average molecular weight is 469 g/mol. The van der Waals surface area contributed by atoms with Gasteiger partial charge in [0.15, 0.2) is 5.96 Å². The lowest BCUT2D eigenvalue weighted by Gasteiger charge is -2.31. The summed E-state index contributed by atoms with van der Waals surface area (Å²) in [5.41, 5.74) is 0. The average Bonchev–Trinajstić information content (AvgIpc) is 2.63. The smallest absolute Gasteiger partial charge is 0.191 e. The van der Waals surface area contributed by atoms with Crippen molar-refractivity contribution in [1.82, 2.24) is 20.4 Å². The lowest BCUT2D eigenvalue weighted by Crippen LogP contribution is -2.44. The van der Waals surface area contributed by atoms with Crippen LogP contribution in [0, 0.1) is 0 Å². The predicted octanol–water partition coefficient (Wildman–Crippen LogP) is 2.00. The fourth-order valence-corrected chi connectivity index (χ4v) is 2.91. The molecular weight excluding hydrogens is 429 g/mol. The van der Waals surface area contributed by atoms with Crippen molar-refractivity contribution in [2.75, 3.05) is 65.6 Å². The minimum absolute atomic E-state index is 0. The van der Waals surface area contributed by atoms with Gasteiger partial charge in [-0.25, -0.2) is 0 Å². The molecule has 0 radical (unpaired) electrons. The molecule has 1 heterocycles. The summed E-state index contributed by atoms with van der Waals surface area (Å²) < 4.78 is 5.42. The number of hydrogen-bond acceptors (Lipinski definition) is 4. The van der Waals surface area contributed by atoms with E-state index in [4.69, 9.17) is 9.73 Å². The molecule has 6 nitrogen and oxygen atoms in total. The summed E-state index contributed by atoms with van der Waals surface area (Å²) in [6.07, 6.45) is 2.41. The van der Waals surface area contributed by atoms with Crippen LogP contribution < -0.4 is 10.6 Å². The molecule has 7 heteroatoms. The van der Waals surface area contributed by atoms with E-state index in [9.17, 15) is 0 Å². The maximum absolute atomic E-state index is 5.42. The summed E-state index contributed by atoms with van der Waals surface area (Å²) in [4.78, 5) is 9.69. The lowest BCUT2D eigenvalue weighted by atomic mass is 10.2. The first kappa shape index (κ1) is 24.9. The molecule has 1 atom stereocenters. The Morgan fingerprint density at radius 3 is 2.40 bits per heavy atom. The van der Waals surface area contributed by atoms with Crippen LogP contribution in [-0.2, 0) is 4.74 Å². The number of aliphatic imine (C=N–C) groups is 1. The second kappa shape index (κ2) is 16.1. The first-order valence-electron chi connectivity index (χ1n) is 9.77. The quantitative estimate of drug-likeness (QED) is 0.210. The molecule has 0 aromatic rings. The standard InChI is InChI=1S/C18H39N5O.HI/c1-5-19-18(20-10-8-9-11-22(6-2)7-3)21-16-17(4)23-12-14-24-15-13-23;/h17H,5-16H2,1-4H3,(H2,19,20,21);1H. The summed E-state index contributed by atoms with van der Waals surface area (Å²) in [5, 5.41) is 6.81. The summed E-state index contributed by atoms with van der Waals surface area (Å²) in [7, 11) is 0. The fraction of sp³-hybridized carbons (Fsp3) is 0.944. The number of hydrogen-bond donors (Lipinski definition) is 2. The van der Waals surface area contributed by atoms with Gasteiger partial charge in [-0.15, -0.1) is 24.0 Å². The third-order valence-electron chi connectivity index (χ3n) is 4.61. The van der Waals surface area contributed by atoms with E-state index in [0.29, 0.717) is 6.04 Å². The highest BCUT2D eigenvalue weighted by Gasteiger charge is 2.16. The Labute approximate surface area is 172 Å². The molecule has 0 saturated carbocycles. The molecule has 0 amide bonds. The first-order chi connectivity index (χ1) is 11.7. The molecule has 1 aliphatic heterocycles. The van der Waals surface area contributed by atoms with E-state index in [1.807, 2.05) is 0 Å². The number of guanidine groups is 1. The van der Waals surface area contributed by atoms with Gasteiger partial charge in [0.05, 0.1) is 19.8 Å². The molecule has 1 unspecified atom stereocenters. The zero-order chi connectivity index (χ0) is 17.6. The van der Waals surface area contributed by atoms with Gasteiger partial charge in [-0.1, -0.05) is 13.8 Å². The molecule has 1 aliphatic rings. The van der Waals surface area contributed by atoms with Crippen LogP contribution in [0.3, 0.4) is 0 Å².